The summed E-state index contributed by atoms with van der Waals surface area (Å²) in [6.45, 7) is 2.48. The van der Waals surface area contributed by atoms with Crippen LogP contribution in [0.5, 0.6) is 5.75 Å². The number of carbonyl (C=O) groups excluding carboxylic acids is 3. The van der Waals surface area contributed by atoms with E-state index in [0.29, 0.717) is 37.4 Å². The predicted octanol–water partition coefficient (Wildman–Crippen LogP) is 2.42. The topological polar surface area (TPSA) is 91.8 Å². The van der Waals surface area contributed by atoms with E-state index in [9.17, 15) is 18.8 Å². The van der Waals surface area contributed by atoms with Crippen LogP contribution in [0.1, 0.15) is 53.6 Å². The van der Waals surface area contributed by atoms with Crippen molar-refractivity contribution >= 4 is 17.7 Å². The summed E-state index contributed by atoms with van der Waals surface area (Å²) >= 11 is 0. The Balaban J connectivity index is 1.22. The van der Waals surface area contributed by atoms with Gasteiger partial charge in [-0.2, -0.15) is 4.39 Å². The first-order valence-corrected chi connectivity index (χ1v) is 11.7. The first kappa shape index (κ1) is 22.5. The summed E-state index contributed by atoms with van der Waals surface area (Å²) in [7, 11) is 0. The average Bonchev–Trinajstić information content (AvgIpc) is 3.15. The zero-order valence-corrected chi connectivity index (χ0v) is 18.8. The van der Waals surface area contributed by atoms with Gasteiger partial charge in [0.2, 0.25) is 17.8 Å². The summed E-state index contributed by atoms with van der Waals surface area (Å²) in [6.07, 6.45) is 5.41. The van der Waals surface area contributed by atoms with E-state index in [0.717, 1.165) is 36.9 Å². The Morgan fingerprint density at radius 1 is 1.12 bits per heavy atom. The van der Waals surface area contributed by atoms with Crippen LogP contribution in [-0.2, 0) is 22.7 Å². The number of amides is 3. The van der Waals surface area contributed by atoms with Gasteiger partial charge in [0, 0.05) is 37.3 Å². The van der Waals surface area contributed by atoms with Crippen molar-refractivity contribution in [3.63, 3.8) is 0 Å². The monoisotopic (exact) mass is 466 g/mol. The van der Waals surface area contributed by atoms with E-state index in [-0.39, 0.29) is 24.3 Å². The maximum atomic E-state index is 13.1. The van der Waals surface area contributed by atoms with E-state index >= 15 is 0 Å². The van der Waals surface area contributed by atoms with Crippen molar-refractivity contribution in [3.05, 3.63) is 59.2 Å². The van der Waals surface area contributed by atoms with Crippen LogP contribution in [0, 0.1) is 5.95 Å². The van der Waals surface area contributed by atoms with Crippen molar-refractivity contribution in [1.82, 2.24) is 20.1 Å². The van der Waals surface area contributed by atoms with Crippen molar-refractivity contribution in [2.75, 3.05) is 13.2 Å². The number of pyridine rings is 1. The molecule has 3 amide bonds. The molecule has 2 atom stereocenters. The molecule has 0 spiro atoms. The van der Waals surface area contributed by atoms with Crippen LogP contribution in [0.2, 0.25) is 0 Å². The SMILES string of the molecule is O=C1CCC(N2Cc3cc(OC[C@H]4CCCCN4Cc4ccc(F)nc4)ccc3C2=O)C(=O)N1. The molecule has 1 unspecified atom stereocenters. The van der Waals surface area contributed by atoms with E-state index in [1.807, 2.05) is 6.07 Å². The number of piperidine rings is 2. The van der Waals surface area contributed by atoms with Gasteiger partial charge in [0.05, 0.1) is 0 Å². The lowest BCUT2D eigenvalue weighted by Crippen LogP contribution is -2.52. The lowest BCUT2D eigenvalue weighted by atomic mass is 10.0. The number of hydrogen-bond acceptors (Lipinski definition) is 6. The Morgan fingerprint density at radius 3 is 2.79 bits per heavy atom. The third-order valence-corrected chi connectivity index (χ3v) is 6.86. The normalized spacial score (nSPS) is 23.1. The fourth-order valence-electron chi connectivity index (χ4n) is 5.02. The number of hydrogen-bond donors (Lipinski definition) is 1. The molecule has 4 heterocycles. The number of carbonyl (C=O) groups is 3. The van der Waals surface area contributed by atoms with Crippen LogP contribution < -0.4 is 10.1 Å². The molecule has 0 saturated carbocycles. The van der Waals surface area contributed by atoms with E-state index in [1.165, 1.54) is 11.0 Å². The fourth-order valence-corrected chi connectivity index (χ4v) is 5.02. The van der Waals surface area contributed by atoms with E-state index < -0.39 is 17.9 Å². The molecule has 1 aromatic heterocycles. The number of imide groups is 1. The molecule has 178 valence electrons. The molecule has 1 aromatic carbocycles. The first-order chi connectivity index (χ1) is 16.5. The highest BCUT2D eigenvalue weighted by Gasteiger charge is 2.39. The molecule has 5 rings (SSSR count). The van der Waals surface area contributed by atoms with Crippen molar-refractivity contribution in [2.45, 2.75) is 57.3 Å². The summed E-state index contributed by atoms with van der Waals surface area (Å²) < 4.78 is 19.3. The van der Waals surface area contributed by atoms with Gasteiger partial charge in [0.25, 0.3) is 5.91 Å². The molecule has 2 fully saturated rings. The molecule has 0 bridgehead atoms. The minimum atomic E-state index is -0.626. The van der Waals surface area contributed by atoms with Gasteiger partial charge < -0.3 is 9.64 Å². The molecule has 3 aliphatic heterocycles. The van der Waals surface area contributed by atoms with Gasteiger partial charge in [0.1, 0.15) is 18.4 Å². The third kappa shape index (κ3) is 4.65. The second kappa shape index (κ2) is 9.50. The van der Waals surface area contributed by atoms with E-state index in [2.05, 4.69) is 15.2 Å². The number of aromatic nitrogens is 1. The molecule has 2 aromatic rings. The Kier molecular flexibility index (Phi) is 6.28. The van der Waals surface area contributed by atoms with Gasteiger partial charge in [0.15, 0.2) is 0 Å². The molecule has 1 N–H and O–H groups in total. The summed E-state index contributed by atoms with van der Waals surface area (Å²) in [6, 6.07) is 8.17. The van der Waals surface area contributed by atoms with Crippen LogP contribution in [0.15, 0.2) is 36.5 Å². The fraction of sp³-hybridized carbons (Fsp3) is 0.440. The quantitative estimate of drug-likeness (QED) is 0.519. The second-order valence-electron chi connectivity index (χ2n) is 9.14. The maximum absolute atomic E-state index is 13.1. The van der Waals surface area contributed by atoms with Gasteiger partial charge in [-0.1, -0.05) is 12.5 Å². The number of rotatable bonds is 6. The van der Waals surface area contributed by atoms with Gasteiger partial charge in [-0.3, -0.25) is 24.6 Å². The Labute approximate surface area is 197 Å². The first-order valence-electron chi connectivity index (χ1n) is 11.7. The molecule has 0 radical (unpaired) electrons. The minimum Gasteiger partial charge on any atom is -0.492 e. The van der Waals surface area contributed by atoms with Gasteiger partial charge in [-0.05, 0) is 61.2 Å². The van der Waals surface area contributed by atoms with Crippen molar-refractivity contribution < 1.29 is 23.5 Å². The van der Waals surface area contributed by atoms with Gasteiger partial charge in [-0.25, -0.2) is 4.98 Å². The van der Waals surface area contributed by atoms with Gasteiger partial charge in [-0.15, -0.1) is 0 Å². The standard InChI is InChI=1S/C25H27FN4O4/c26-22-8-4-16(12-27-22)13-29-10-2-1-3-18(29)15-34-19-5-6-20-17(11-19)14-30(25(20)33)21-7-9-23(31)28-24(21)32/h4-6,8,11-12,18,21H,1-3,7,9-10,13-15H2,(H,28,31,32)/t18-,21?/m1/s1. The molecule has 3 aliphatic rings. The molecule has 0 aliphatic carbocycles. The molecule has 2 saturated heterocycles. The predicted molar refractivity (Wildman–Crippen MR) is 120 cm³/mol. The third-order valence-electron chi connectivity index (χ3n) is 6.86. The number of benzene rings is 1. The molecule has 34 heavy (non-hydrogen) atoms. The number of halogens is 1. The Hall–Kier alpha value is -3.33. The van der Waals surface area contributed by atoms with Crippen LogP contribution >= 0.6 is 0 Å². The van der Waals surface area contributed by atoms with Crippen molar-refractivity contribution in [2.24, 2.45) is 0 Å². The number of nitrogens with one attached hydrogen (secondary N) is 1. The van der Waals surface area contributed by atoms with Crippen LogP contribution in [0.3, 0.4) is 0 Å². The summed E-state index contributed by atoms with van der Waals surface area (Å²) in [4.78, 5) is 44.2. The number of fused-ring (bicyclic) bond motifs is 1. The van der Waals surface area contributed by atoms with Crippen molar-refractivity contribution in [3.8, 4) is 5.75 Å². The lowest BCUT2D eigenvalue weighted by Gasteiger charge is -2.35. The summed E-state index contributed by atoms with van der Waals surface area (Å²) in [5, 5.41) is 2.32. The highest BCUT2D eigenvalue weighted by atomic mass is 19.1. The second-order valence-corrected chi connectivity index (χ2v) is 9.14. The average molecular weight is 467 g/mol. The summed E-state index contributed by atoms with van der Waals surface area (Å²) in [5.41, 5.74) is 2.36. The highest BCUT2D eigenvalue weighted by molar-refractivity contribution is 6.05. The lowest BCUT2D eigenvalue weighted by molar-refractivity contribution is -0.136. The molecule has 8 nitrogen and oxygen atoms in total. The number of nitrogens with zero attached hydrogens (tertiary/aromatic N) is 3. The van der Waals surface area contributed by atoms with Crippen LogP contribution in [-0.4, -0.2) is 57.7 Å². The van der Waals surface area contributed by atoms with Crippen molar-refractivity contribution in [1.29, 1.82) is 0 Å². The highest BCUT2D eigenvalue weighted by Crippen LogP contribution is 2.30. The maximum Gasteiger partial charge on any atom is 0.255 e. The zero-order chi connectivity index (χ0) is 23.7. The molecular weight excluding hydrogens is 439 g/mol. The Bertz CT molecular complexity index is 1110. The van der Waals surface area contributed by atoms with E-state index in [4.69, 9.17) is 4.74 Å². The Morgan fingerprint density at radius 2 is 2.00 bits per heavy atom. The molecular formula is C25H27FN4O4. The number of likely N-dealkylation sites (tertiary alicyclic amines) is 1. The molecule has 9 heteroatoms. The summed E-state index contributed by atoms with van der Waals surface area (Å²) in [5.74, 6) is -0.697. The largest absolute Gasteiger partial charge is 0.492 e. The van der Waals surface area contributed by atoms with E-state index in [1.54, 1.807) is 24.4 Å². The zero-order valence-electron chi connectivity index (χ0n) is 18.8. The smallest absolute Gasteiger partial charge is 0.255 e. The van der Waals surface area contributed by atoms with Crippen LogP contribution in [0.25, 0.3) is 0 Å². The van der Waals surface area contributed by atoms with Gasteiger partial charge >= 0.3 is 0 Å². The minimum absolute atomic E-state index is 0.192. The van der Waals surface area contributed by atoms with Crippen LogP contribution in [0.4, 0.5) is 4.39 Å². The number of ether oxygens (including phenoxy) is 1.